The van der Waals surface area contributed by atoms with Gasteiger partial charge in [0.2, 0.25) is 0 Å². The maximum Gasteiger partial charge on any atom is 0.162 e. The summed E-state index contributed by atoms with van der Waals surface area (Å²) >= 11 is 3.45. The third kappa shape index (κ3) is 2.76. The third-order valence-electron chi connectivity index (χ3n) is 2.74. The minimum Gasteiger partial charge on any atom is -0.504 e. The molecule has 18 heavy (non-hydrogen) atoms. The second-order valence-corrected chi connectivity index (χ2v) is 4.96. The quantitative estimate of drug-likeness (QED) is 0.756. The maximum absolute atomic E-state index is 9.68. The Kier molecular flexibility index (Phi) is 3.77. The van der Waals surface area contributed by atoms with E-state index in [-0.39, 0.29) is 11.5 Å². The first-order chi connectivity index (χ1) is 8.58. The average Bonchev–Trinajstić information content (AvgIpc) is 2.35. The van der Waals surface area contributed by atoms with Crippen LogP contribution in [0, 0.1) is 6.92 Å². The zero-order valence-electron chi connectivity index (χ0n) is 9.94. The molecule has 4 heteroatoms. The summed E-state index contributed by atoms with van der Waals surface area (Å²) in [6, 6.07) is 10.9. The van der Waals surface area contributed by atoms with E-state index in [2.05, 4.69) is 21.2 Å². The minimum absolute atomic E-state index is 0.0705. The molecular weight excluding hydrogens is 294 g/mol. The van der Waals surface area contributed by atoms with Crippen LogP contribution in [0.25, 0.3) is 0 Å². The molecular formula is C14H14BrNO2. The number of hydrogen-bond acceptors (Lipinski definition) is 3. The van der Waals surface area contributed by atoms with E-state index >= 15 is 0 Å². The molecule has 2 aromatic rings. The molecule has 94 valence electrons. The molecule has 2 rings (SSSR count). The molecule has 0 amide bonds. The molecule has 0 aliphatic heterocycles. The standard InChI is InChI=1S/C14H14BrNO2/c1-9-7-11(5-6-12(9)15)16-8-10-3-2-4-13(17)14(10)18/h2-7,16-18H,8H2,1H3. The first-order valence-electron chi connectivity index (χ1n) is 5.58. The van der Waals surface area contributed by atoms with Crippen LogP contribution >= 0.6 is 15.9 Å². The predicted octanol–water partition coefficient (Wildman–Crippen LogP) is 3.78. The van der Waals surface area contributed by atoms with Crippen LogP contribution in [0.5, 0.6) is 11.5 Å². The van der Waals surface area contributed by atoms with Gasteiger partial charge in [0.25, 0.3) is 0 Å². The number of hydrogen-bond donors (Lipinski definition) is 3. The van der Waals surface area contributed by atoms with Gasteiger partial charge in [-0.25, -0.2) is 0 Å². The molecule has 0 spiro atoms. The largest absolute Gasteiger partial charge is 0.504 e. The lowest BCUT2D eigenvalue weighted by atomic mass is 10.1. The molecule has 3 nitrogen and oxygen atoms in total. The fourth-order valence-electron chi connectivity index (χ4n) is 1.67. The Morgan fingerprint density at radius 1 is 1.17 bits per heavy atom. The van der Waals surface area contributed by atoms with Crippen molar-refractivity contribution in [1.82, 2.24) is 0 Å². The zero-order valence-corrected chi connectivity index (χ0v) is 11.5. The number of para-hydroxylation sites is 1. The molecule has 0 fully saturated rings. The molecule has 0 atom stereocenters. The first kappa shape index (κ1) is 12.8. The summed E-state index contributed by atoms with van der Waals surface area (Å²) < 4.78 is 1.06. The van der Waals surface area contributed by atoms with Gasteiger partial charge in [-0.05, 0) is 36.8 Å². The fourth-order valence-corrected chi connectivity index (χ4v) is 1.92. The van der Waals surface area contributed by atoms with E-state index in [0.29, 0.717) is 12.1 Å². The van der Waals surface area contributed by atoms with Gasteiger partial charge in [0, 0.05) is 22.3 Å². The van der Waals surface area contributed by atoms with Crippen LogP contribution in [0.1, 0.15) is 11.1 Å². The number of benzene rings is 2. The number of halogens is 1. The van der Waals surface area contributed by atoms with E-state index in [1.165, 1.54) is 6.07 Å². The zero-order chi connectivity index (χ0) is 13.1. The smallest absolute Gasteiger partial charge is 0.162 e. The molecule has 2 aromatic carbocycles. The highest BCUT2D eigenvalue weighted by molar-refractivity contribution is 9.10. The Bertz CT molecular complexity index is 570. The van der Waals surface area contributed by atoms with Crippen LogP contribution < -0.4 is 5.32 Å². The normalized spacial score (nSPS) is 10.3. The highest BCUT2D eigenvalue weighted by atomic mass is 79.9. The minimum atomic E-state index is -0.0960. The van der Waals surface area contributed by atoms with Crippen molar-refractivity contribution in [2.45, 2.75) is 13.5 Å². The van der Waals surface area contributed by atoms with E-state index in [9.17, 15) is 10.2 Å². The molecule has 0 aromatic heterocycles. The summed E-state index contributed by atoms with van der Waals surface area (Å²) in [6.45, 7) is 2.47. The lowest BCUT2D eigenvalue weighted by Crippen LogP contribution is -2.00. The number of aromatic hydroxyl groups is 2. The molecule has 0 saturated carbocycles. The van der Waals surface area contributed by atoms with Crippen LogP contribution in [0.3, 0.4) is 0 Å². The van der Waals surface area contributed by atoms with Gasteiger partial charge in [-0.1, -0.05) is 28.1 Å². The first-order valence-corrected chi connectivity index (χ1v) is 6.37. The SMILES string of the molecule is Cc1cc(NCc2cccc(O)c2O)ccc1Br. The summed E-state index contributed by atoms with van der Waals surface area (Å²) in [7, 11) is 0. The van der Waals surface area contributed by atoms with Crippen molar-refractivity contribution in [3.8, 4) is 11.5 Å². The molecule has 0 radical (unpaired) electrons. The Morgan fingerprint density at radius 3 is 2.67 bits per heavy atom. The van der Waals surface area contributed by atoms with Gasteiger partial charge in [-0.2, -0.15) is 0 Å². The monoisotopic (exact) mass is 307 g/mol. The van der Waals surface area contributed by atoms with Crippen molar-refractivity contribution in [1.29, 1.82) is 0 Å². The number of anilines is 1. The van der Waals surface area contributed by atoms with E-state index < -0.39 is 0 Å². The van der Waals surface area contributed by atoms with Crippen LogP contribution in [0.2, 0.25) is 0 Å². The summed E-state index contributed by atoms with van der Waals surface area (Å²) in [4.78, 5) is 0. The van der Waals surface area contributed by atoms with Gasteiger partial charge < -0.3 is 15.5 Å². The number of rotatable bonds is 3. The van der Waals surface area contributed by atoms with Gasteiger partial charge in [0.05, 0.1) is 0 Å². The second kappa shape index (κ2) is 5.31. The van der Waals surface area contributed by atoms with E-state index in [1.54, 1.807) is 12.1 Å². The summed E-state index contributed by atoms with van der Waals surface area (Å²) in [5.41, 5.74) is 2.77. The number of phenols is 2. The van der Waals surface area contributed by atoms with Gasteiger partial charge in [-0.3, -0.25) is 0 Å². The van der Waals surface area contributed by atoms with Crippen LogP contribution in [-0.4, -0.2) is 10.2 Å². The number of nitrogens with one attached hydrogen (secondary N) is 1. The van der Waals surface area contributed by atoms with Crippen LogP contribution in [-0.2, 0) is 6.54 Å². The van der Waals surface area contributed by atoms with Crippen LogP contribution in [0.4, 0.5) is 5.69 Å². The predicted molar refractivity (Wildman–Crippen MR) is 76.0 cm³/mol. The van der Waals surface area contributed by atoms with Crippen molar-refractivity contribution in [2.24, 2.45) is 0 Å². The summed E-state index contributed by atoms with van der Waals surface area (Å²) in [5, 5.41) is 22.3. The van der Waals surface area contributed by atoms with Gasteiger partial charge >= 0.3 is 0 Å². The van der Waals surface area contributed by atoms with Gasteiger partial charge in [0.15, 0.2) is 11.5 Å². The Morgan fingerprint density at radius 2 is 1.94 bits per heavy atom. The van der Waals surface area contributed by atoms with E-state index in [1.807, 2.05) is 25.1 Å². The maximum atomic E-state index is 9.68. The molecule has 0 aliphatic carbocycles. The fraction of sp³-hybridized carbons (Fsp3) is 0.143. The van der Waals surface area contributed by atoms with E-state index in [4.69, 9.17) is 0 Å². The van der Waals surface area contributed by atoms with Crippen molar-refractivity contribution in [2.75, 3.05) is 5.32 Å². The topological polar surface area (TPSA) is 52.5 Å². The molecule has 0 aliphatic rings. The molecule has 3 N–H and O–H groups in total. The highest BCUT2D eigenvalue weighted by Crippen LogP contribution is 2.29. The number of aryl methyl sites for hydroxylation is 1. The van der Waals surface area contributed by atoms with Crippen molar-refractivity contribution in [3.05, 3.63) is 52.0 Å². The second-order valence-electron chi connectivity index (χ2n) is 4.10. The lowest BCUT2D eigenvalue weighted by molar-refractivity contribution is 0.400. The van der Waals surface area contributed by atoms with Crippen molar-refractivity contribution >= 4 is 21.6 Å². The lowest BCUT2D eigenvalue weighted by Gasteiger charge is -2.10. The highest BCUT2D eigenvalue weighted by Gasteiger charge is 2.05. The molecule has 0 heterocycles. The molecule has 0 unspecified atom stereocenters. The third-order valence-corrected chi connectivity index (χ3v) is 3.63. The Hall–Kier alpha value is -1.68. The van der Waals surface area contributed by atoms with Crippen molar-refractivity contribution in [3.63, 3.8) is 0 Å². The van der Waals surface area contributed by atoms with Gasteiger partial charge in [-0.15, -0.1) is 0 Å². The summed E-state index contributed by atoms with van der Waals surface area (Å²) in [6.07, 6.45) is 0. The Labute approximate surface area is 114 Å². The average molecular weight is 308 g/mol. The van der Waals surface area contributed by atoms with Gasteiger partial charge in [0.1, 0.15) is 0 Å². The summed E-state index contributed by atoms with van der Waals surface area (Å²) in [5.74, 6) is -0.167. The van der Waals surface area contributed by atoms with Crippen LogP contribution in [0.15, 0.2) is 40.9 Å². The Balaban J connectivity index is 2.11. The molecule has 0 bridgehead atoms. The number of phenolic OH excluding ortho intramolecular Hbond substituents is 2. The van der Waals surface area contributed by atoms with Crippen molar-refractivity contribution < 1.29 is 10.2 Å². The molecule has 0 saturated heterocycles. The van der Waals surface area contributed by atoms with E-state index in [0.717, 1.165) is 15.7 Å².